The van der Waals surface area contributed by atoms with E-state index in [0.29, 0.717) is 5.76 Å². The van der Waals surface area contributed by atoms with Gasteiger partial charge in [-0.15, -0.1) is 13.2 Å². The van der Waals surface area contributed by atoms with Crippen LogP contribution in [0, 0.1) is 5.92 Å². The van der Waals surface area contributed by atoms with Gasteiger partial charge in [-0.3, -0.25) is 4.79 Å². The van der Waals surface area contributed by atoms with Gasteiger partial charge in [-0.1, -0.05) is 24.3 Å². The van der Waals surface area contributed by atoms with Gasteiger partial charge in [0.1, 0.15) is 17.1 Å². The lowest BCUT2D eigenvalue weighted by Crippen LogP contribution is -2.43. The summed E-state index contributed by atoms with van der Waals surface area (Å²) < 4.78 is 74.0. The molecule has 0 aliphatic carbocycles. The van der Waals surface area contributed by atoms with Gasteiger partial charge in [0, 0.05) is 30.5 Å². The quantitative estimate of drug-likeness (QED) is 0.539. The number of hydrogen-bond acceptors (Lipinski definition) is 5. The van der Waals surface area contributed by atoms with E-state index < -0.39 is 28.1 Å². The molecule has 11 heteroatoms. The predicted molar refractivity (Wildman–Crippen MR) is 117 cm³/mol. The van der Waals surface area contributed by atoms with Crippen molar-refractivity contribution in [3.63, 3.8) is 0 Å². The van der Waals surface area contributed by atoms with Crippen LogP contribution in [0.5, 0.6) is 5.75 Å². The van der Waals surface area contributed by atoms with Crippen molar-refractivity contribution in [1.82, 2.24) is 9.62 Å². The van der Waals surface area contributed by atoms with Gasteiger partial charge < -0.3 is 14.5 Å². The molecule has 0 bridgehead atoms. The summed E-state index contributed by atoms with van der Waals surface area (Å²) in [4.78, 5) is 12.5. The van der Waals surface area contributed by atoms with Crippen LogP contribution in [-0.4, -0.2) is 38.1 Å². The van der Waals surface area contributed by atoms with Crippen molar-refractivity contribution < 1.29 is 35.5 Å². The minimum absolute atomic E-state index is 0.0732. The summed E-state index contributed by atoms with van der Waals surface area (Å²) in [6.45, 7) is 1.96. The van der Waals surface area contributed by atoms with Gasteiger partial charge in [-0.25, -0.2) is 8.42 Å². The smallest absolute Gasteiger partial charge is 0.459 e. The number of piperidine rings is 1. The Hall–Kier alpha value is -3.05. The molecule has 4 rings (SSSR count). The van der Waals surface area contributed by atoms with Gasteiger partial charge in [-0.2, -0.15) is 4.31 Å². The molecule has 34 heavy (non-hydrogen) atoms. The van der Waals surface area contributed by atoms with Crippen LogP contribution in [0.25, 0.3) is 11.0 Å². The van der Waals surface area contributed by atoms with Crippen LogP contribution in [0.2, 0.25) is 0 Å². The molecule has 0 saturated carbocycles. The maximum atomic E-state index is 12.9. The molecule has 1 fully saturated rings. The first-order valence-corrected chi connectivity index (χ1v) is 12.1. The van der Waals surface area contributed by atoms with Crippen molar-refractivity contribution in [2.75, 3.05) is 13.1 Å². The van der Waals surface area contributed by atoms with Crippen molar-refractivity contribution in [2.24, 2.45) is 5.92 Å². The van der Waals surface area contributed by atoms with Gasteiger partial charge in [0.05, 0.1) is 10.9 Å². The molecule has 1 N–H and O–H groups in total. The van der Waals surface area contributed by atoms with E-state index in [1.54, 1.807) is 0 Å². The molecule has 1 aliphatic heterocycles. The zero-order valence-corrected chi connectivity index (χ0v) is 19.0. The predicted octanol–water partition coefficient (Wildman–Crippen LogP) is 4.61. The number of fused-ring (bicyclic) bond motifs is 1. The summed E-state index contributed by atoms with van der Waals surface area (Å²) in [7, 11) is -4.03. The fourth-order valence-electron chi connectivity index (χ4n) is 3.96. The Morgan fingerprint density at radius 3 is 2.50 bits per heavy atom. The van der Waals surface area contributed by atoms with Gasteiger partial charge in [-0.05, 0) is 44.0 Å². The third-order valence-corrected chi connectivity index (χ3v) is 7.63. The van der Waals surface area contributed by atoms with Crippen LogP contribution in [-0.2, 0) is 14.8 Å². The average Bonchev–Trinajstić information content (AvgIpc) is 3.23. The van der Waals surface area contributed by atoms with Crippen molar-refractivity contribution >= 4 is 26.9 Å². The highest BCUT2D eigenvalue weighted by Gasteiger charge is 2.34. The topological polar surface area (TPSA) is 88.9 Å². The second-order valence-electron chi connectivity index (χ2n) is 8.12. The molecule has 1 saturated heterocycles. The van der Waals surface area contributed by atoms with E-state index in [4.69, 9.17) is 4.42 Å². The standard InChI is InChI=1S/C23H23F3N2O5S/c1-15(21-13-17-5-2-3-8-20(17)32-21)27-22(29)16-9-11-28(12-10-16)34(30,31)19-7-4-6-18(14-19)33-23(24,25)26/h2-8,13-16H,9-12H2,1H3,(H,27,29). The molecular weight excluding hydrogens is 473 g/mol. The monoisotopic (exact) mass is 496 g/mol. The van der Waals surface area contributed by atoms with E-state index >= 15 is 0 Å². The molecule has 0 radical (unpaired) electrons. The Kier molecular flexibility index (Phi) is 6.59. The van der Waals surface area contributed by atoms with E-state index in [0.717, 1.165) is 23.1 Å². The van der Waals surface area contributed by atoms with E-state index in [1.165, 1.54) is 16.4 Å². The van der Waals surface area contributed by atoms with Crippen LogP contribution in [0.15, 0.2) is 63.9 Å². The summed E-state index contributed by atoms with van der Waals surface area (Å²) >= 11 is 0. The summed E-state index contributed by atoms with van der Waals surface area (Å²) in [5.74, 6) is -0.582. The SMILES string of the molecule is CC(NC(=O)C1CCN(S(=O)(=O)c2cccc(OC(F)(F)F)c2)CC1)c1cc2ccccc2o1. The Morgan fingerprint density at radius 2 is 1.82 bits per heavy atom. The largest absolute Gasteiger partial charge is 0.573 e. The summed E-state index contributed by atoms with van der Waals surface area (Å²) in [6, 6.07) is 13.3. The van der Waals surface area contributed by atoms with E-state index in [9.17, 15) is 26.4 Å². The first kappa shape index (κ1) is 24.1. The number of alkyl halides is 3. The number of furan rings is 1. The molecule has 1 atom stereocenters. The molecule has 0 spiro atoms. The highest BCUT2D eigenvalue weighted by molar-refractivity contribution is 7.89. The number of hydrogen-bond donors (Lipinski definition) is 1. The lowest BCUT2D eigenvalue weighted by atomic mass is 9.97. The zero-order chi connectivity index (χ0) is 24.5. The number of amides is 1. The summed E-state index contributed by atoms with van der Waals surface area (Å²) in [5, 5.41) is 3.85. The molecule has 3 aromatic rings. The van der Waals surface area contributed by atoms with Crippen LogP contribution < -0.4 is 10.1 Å². The Bertz CT molecular complexity index is 1250. The second kappa shape index (κ2) is 9.30. The van der Waals surface area contributed by atoms with Crippen LogP contribution in [0.4, 0.5) is 13.2 Å². The fraction of sp³-hybridized carbons (Fsp3) is 0.348. The normalized spacial score (nSPS) is 16.9. The van der Waals surface area contributed by atoms with E-state index in [2.05, 4.69) is 10.1 Å². The lowest BCUT2D eigenvalue weighted by Gasteiger charge is -2.31. The zero-order valence-electron chi connectivity index (χ0n) is 18.2. The number of sulfonamides is 1. The number of nitrogens with one attached hydrogen (secondary N) is 1. The Labute approximate surface area is 194 Å². The lowest BCUT2D eigenvalue weighted by molar-refractivity contribution is -0.274. The Balaban J connectivity index is 1.36. The molecule has 1 aliphatic rings. The van der Waals surface area contributed by atoms with Gasteiger partial charge in [0.25, 0.3) is 0 Å². The minimum Gasteiger partial charge on any atom is -0.459 e. The van der Waals surface area contributed by atoms with Gasteiger partial charge >= 0.3 is 6.36 Å². The molecule has 2 aromatic carbocycles. The first-order chi connectivity index (χ1) is 16.0. The number of ether oxygens (including phenoxy) is 1. The number of carbonyl (C=O) groups excluding carboxylic acids is 1. The number of rotatable bonds is 6. The number of carbonyl (C=O) groups is 1. The molecule has 7 nitrogen and oxygen atoms in total. The first-order valence-electron chi connectivity index (χ1n) is 10.7. The van der Waals surface area contributed by atoms with Crippen LogP contribution in [0.1, 0.15) is 31.6 Å². The Morgan fingerprint density at radius 1 is 1.12 bits per heavy atom. The number of nitrogens with zero attached hydrogens (tertiary/aromatic N) is 1. The van der Waals surface area contributed by atoms with Crippen molar-refractivity contribution in [3.05, 3.63) is 60.4 Å². The highest BCUT2D eigenvalue weighted by Crippen LogP contribution is 2.29. The summed E-state index contributed by atoms with van der Waals surface area (Å²) in [6.07, 6.45) is -4.35. The third kappa shape index (κ3) is 5.36. The number of para-hydroxylation sites is 1. The van der Waals surface area contributed by atoms with Crippen molar-refractivity contribution in [1.29, 1.82) is 0 Å². The van der Waals surface area contributed by atoms with Crippen molar-refractivity contribution in [3.8, 4) is 5.75 Å². The van der Waals surface area contributed by atoms with Gasteiger partial charge in [0.2, 0.25) is 15.9 Å². The molecule has 1 amide bonds. The van der Waals surface area contributed by atoms with Crippen LogP contribution >= 0.6 is 0 Å². The van der Waals surface area contributed by atoms with Gasteiger partial charge in [0.15, 0.2) is 0 Å². The average molecular weight is 497 g/mol. The maximum absolute atomic E-state index is 12.9. The van der Waals surface area contributed by atoms with E-state index in [1.807, 2.05) is 37.3 Å². The van der Waals surface area contributed by atoms with Crippen molar-refractivity contribution in [2.45, 2.75) is 37.1 Å². The molecular formula is C23H23F3N2O5S. The summed E-state index contributed by atoms with van der Waals surface area (Å²) in [5.41, 5.74) is 0.724. The maximum Gasteiger partial charge on any atom is 0.573 e. The molecule has 2 heterocycles. The number of halogens is 3. The third-order valence-electron chi connectivity index (χ3n) is 5.73. The van der Waals surface area contributed by atoms with E-state index in [-0.39, 0.29) is 42.8 Å². The van der Waals surface area contributed by atoms with Crippen LogP contribution in [0.3, 0.4) is 0 Å². The highest BCUT2D eigenvalue weighted by atomic mass is 32.2. The minimum atomic E-state index is -4.92. The number of benzene rings is 2. The molecule has 1 aromatic heterocycles. The molecule has 182 valence electrons. The molecule has 1 unspecified atom stereocenters. The fourth-order valence-corrected chi connectivity index (χ4v) is 5.46. The second-order valence-corrected chi connectivity index (χ2v) is 10.1.